The van der Waals surface area contributed by atoms with E-state index < -0.39 is 6.04 Å². The normalized spacial score (nSPS) is 11.6. The highest BCUT2D eigenvalue weighted by Gasteiger charge is 2.27. The zero-order chi connectivity index (χ0) is 21.4. The van der Waals surface area contributed by atoms with Gasteiger partial charge in [-0.3, -0.25) is 9.59 Å². The first-order valence-electron chi connectivity index (χ1n) is 9.22. The number of carbonyl (C=O) groups excluding carboxylic acids is 2. The molecule has 2 amide bonds. The fraction of sp³-hybridized carbons (Fsp3) is 0.333. The Morgan fingerprint density at radius 2 is 1.83 bits per heavy atom. The maximum absolute atomic E-state index is 12.9. The van der Waals surface area contributed by atoms with E-state index in [1.807, 2.05) is 19.1 Å². The molecule has 0 aliphatic carbocycles. The summed E-state index contributed by atoms with van der Waals surface area (Å²) in [4.78, 5) is 26.9. The SMILES string of the molecule is CCCNC(=O)[C@@H](C)N(Cc1ccccc1Cl)C(=O)COc1ccc(Cl)cc1Cl. The fourth-order valence-electron chi connectivity index (χ4n) is 2.60. The number of hydrogen-bond acceptors (Lipinski definition) is 3. The van der Waals surface area contributed by atoms with Crippen molar-refractivity contribution in [2.45, 2.75) is 32.9 Å². The van der Waals surface area contributed by atoms with Crippen LogP contribution in [0.1, 0.15) is 25.8 Å². The van der Waals surface area contributed by atoms with Crippen LogP contribution in [0.15, 0.2) is 42.5 Å². The highest BCUT2D eigenvalue weighted by Crippen LogP contribution is 2.27. The van der Waals surface area contributed by atoms with Gasteiger partial charge in [-0.05, 0) is 43.2 Å². The molecule has 0 spiro atoms. The van der Waals surface area contributed by atoms with E-state index in [1.165, 1.54) is 11.0 Å². The molecule has 156 valence electrons. The Bertz CT molecular complexity index is 861. The Hall–Kier alpha value is -1.95. The van der Waals surface area contributed by atoms with Gasteiger partial charge in [0.2, 0.25) is 5.91 Å². The predicted octanol–water partition coefficient (Wildman–Crippen LogP) is 4.97. The number of amides is 2. The average molecular weight is 458 g/mol. The number of halogens is 3. The molecule has 1 atom stereocenters. The van der Waals surface area contributed by atoms with E-state index in [2.05, 4.69) is 5.32 Å². The van der Waals surface area contributed by atoms with Gasteiger partial charge in [-0.15, -0.1) is 0 Å². The van der Waals surface area contributed by atoms with Crippen molar-refractivity contribution >= 4 is 46.6 Å². The molecule has 5 nitrogen and oxygen atoms in total. The van der Waals surface area contributed by atoms with E-state index in [4.69, 9.17) is 39.5 Å². The minimum absolute atomic E-state index is 0.178. The van der Waals surface area contributed by atoms with Crippen LogP contribution in [-0.2, 0) is 16.1 Å². The van der Waals surface area contributed by atoms with E-state index in [9.17, 15) is 9.59 Å². The number of rotatable bonds is 9. The summed E-state index contributed by atoms with van der Waals surface area (Å²) >= 11 is 18.2. The van der Waals surface area contributed by atoms with E-state index in [0.29, 0.717) is 27.4 Å². The molecule has 8 heteroatoms. The number of hydrogen-bond donors (Lipinski definition) is 1. The molecule has 29 heavy (non-hydrogen) atoms. The van der Waals surface area contributed by atoms with Crippen LogP contribution in [0.4, 0.5) is 0 Å². The third-order valence-corrected chi connectivity index (χ3v) is 5.16. The molecule has 0 aliphatic rings. The van der Waals surface area contributed by atoms with Crippen LogP contribution in [-0.4, -0.2) is 35.9 Å². The second-order valence-electron chi connectivity index (χ2n) is 6.44. The van der Waals surface area contributed by atoms with Crippen LogP contribution in [0.5, 0.6) is 5.75 Å². The molecule has 0 aliphatic heterocycles. The van der Waals surface area contributed by atoms with E-state index in [0.717, 1.165) is 12.0 Å². The number of carbonyl (C=O) groups is 2. The summed E-state index contributed by atoms with van der Waals surface area (Å²) in [5, 5.41) is 4.11. The minimum atomic E-state index is -0.699. The lowest BCUT2D eigenvalue weighted by Crippen LogP contribution is -2.49. The highest BCUT2D eigenvalue weighted by atomic mass is 35.5. The van der Waals surface area contributed by atoms with Gasteiger partial charge >= 0.3 is 0 Å². The molecule has 0 fully saturated rings. The van der Waals surface area contributed by atoms with Crippen LogP contribution >= 0.6 is 34.8 Å². The van der Waals surface area contributed by atoms with Crippen molar-refractivity contribution in [2.75, 3.05) is 13.2 Å². The van der Waals surface area contributed by atoms with Gasteiger partial charge in [0.15, 0.2) is 6.61 Å². The Kier molecular flexibility index (Phi) is 9.08. The number of ether oxygens (including phenoxy) is 1. The summed E-state index contributed by atoms with van der Waals surface area (Å²) < 4.78 is 5.57. The Morgan fingerprint density at radius 3 is 2.48 bits per heavy atom. The molecule has 0 heterocycles. The average Bonchev–Trinajstić information content (AvgIpc) is 2.70. The van der Waals surface area contributed by atoms with Gasteiger partial charge in [0.25, 0.3) is 5.91 Å². The molecular formula is C21H23Cl3N2O3. The molecule has 0 radical (unpaired) electrons. The van der Waals surface area contributed by atoms with Gasteiger partial charge in [0.1, 0.15) is 11.8 Å². The first kappa shape index (κ1) is 23.3. The summed E-state index contributed by atoms with van der Waals surface area (Å²) in [7, 11) is 0. The highest BCUT2D eigenvalue weighted by molar-refractivity contribution is 6.35. The number of nitrogens with one attached hydrogen (secondary N) is 1. The van der Waals surface area contributed by atoms with E-state index in [-0.39, 0.29) is 25.0 Å². The van der Waals surface area contributed by atoms with E-state index >= 15 is 0 Å². The first-order valence-corrected chi connectivity index (χ1v) is 10.3. The van der Waals surface area contributed by atoms with Gasteiger partial charge in [-0.25, -0.2) is 0 Å². The van der Waals surface area contributed by atoms with Crippen LogP contribution in [0.25, 0.3) is 0 Å². The minimum Gasteiger partial charge on any atom is -0.482 e. The maximum Gasteiger partial charge on any atom is 0.261 e. The molecule has 2 aromatic rings. The molecule has 0 saturated heterocycles. The van der Waals surface area contributed by atoms with Crippen molar-refractivity contribution in [1.82, 2.24) is 10.2 Å². The Labute approximate surface area is 185 Å². The number of nitrogens with zero attached hydrogens (tertiary/aromatic N) is 1. The molecule has 0 bridgehead atoms. The quantitative estimate of drug-likeness (QED) is 0.578. The molecule has 2 aromatic carbocycles. The Balaban J connectivity index is 2.17. The Morgan fingerprint density at radius 1 is 1.10 bits per heavy atom. The molecular weight excluding hydrogens is 435 g/mol. The molecule has 0 unspecified atom stereocenters. The van der Waals surface area contributed by atoms with Crippen molar-refractivity contribution in [3.8, 4) is 5.75 Å². The summed E-state index contributed by atoms with van der Waals surface area (Å²) in [6, 6.07) is 11.2. The van der Waals surface area contributed by atoms with Gasteiger partial charge < -0.3 is 15.0 Å². The summed E-state index contributed by atoms with van der Waals surface area (Å²) in [6.07, 6.45) is 0.801. The van der Waals surface area contributed by atoms with E-state index in [1.54, 1.807) is 31.2 Å². The lowest BCUT2D eigenvalue weighted by atomic mass is 10.1. The van der Waals surface area contributed by atoms with Crippen molar-refractivity contribution < 1.29 is 14.3 Å². The predicted molar refractivity (Wildman–Crippen MR) is 117 cm³/mol. The fourth-order valence-corrected chi connectivity index (χ4v) is 3.26. The van der Waals surface area contributed by atoms with Crippen molar-refractivity contribution in [3.63, 3.8) is 0 Å². The third-order valence-electron chi connectivity index (χ3n) is 4.26. The molecule has 2 rings (SSSR count). The third kappa shape index (κ3) is 6.81. The van der Waals surface area contributed by atoms with Crippen molar-refractivity contribution in [3.05, 3.63) is 63.1 Å². The van der Waals surface area contributed by atoms with Crippen molar-refractivity contribution in [1.29, 1.82) is 0 Å². The van der Waals surface area contributed by atoms with Crippen LogP contribution in [0, 0.1) is 0 Å². The largest absolute Gasteiger partial charge is 0.482 e. The zero-order valence-electron chi connectivity index (χ0n) is 16.3. The monoisotopic (exact) mass is 456 g/mol. The van der Waals surface area contributed by atoms with Gasteiger partial charge in [-0.1, -0.05) is 59.9 Å². The van der Waals surface area contributed by atoms with Gasteiger partial charge in [0.05, 0.1) is 5.02 Å². The van der Waals surface area contributed by atoms with Crippen LogP contribution in [0.3, 0.4) is 0 Å². The zero-order valence-corrected chi connectivity index (χ0v) is 18.5. The molecule has 0 aromatic heterocycles. The van der Waals surface area contributed by atoms with Crippen LogP contribution in [0.2, 0.25) is 15.1 Å². The second kappa shape index (κ2) is 11.3. The lowest BCUT2D eigenvalue weighted by Gasteiger charge is -2.29. The summed E-state index contributed by atoms with van der Waals surface area (Å²) in [5.74, 6) is -0.267. The second-order valence-corrected chi connectivity index (χ2v) is 7.69. The molecule has 0 saturated carbocycles. The smallest absolute Gasteiger partial charge is 0.261 e. The van der Waals surface area contributed by atoms with Gasteiger partial charge in [-0.2, -0.15) is 0 Å². The van der Waals surface area contributed by atoms with Gasteiger partial charge in [0, 0.05) is 23.1 Å². The van der Waals surface area contributed by atoms with Crippen LogP contribution < -0.4 is 10.1 Å². The summed E-state index contributed by atoms with van der Waals surface area (Å²) in [5.41, 5.74) is 0.738. The topological polar surface area (TPSA) is 58.6 Å². The maximum atomic E-state index is 12.9. The number of benzene rings is 2. The molecule has 1 N–H and O–H groups in total. The first-order chi connectivity index (χ1) is 13.8. The van der Waals surface area contributed by atoms with Crippen molar-refractivity contribution in [2.24, 2.45) is 0 Å². The standard InChI is InChI=1S/C21H23Cl3N2O3/c1-3-10-25-21(28)14(2)26(12-15-6-4-5-7-17(15)23)20(27)13-29-19-9-8-16(22)11-18(19)24/h4-9,11,14H,3,10,12-13H2,1-2H3,(H,25,28)/t14-/m1/s1. The summed E-state index contributed by atoms with van der Waals surface area (Å²) in [6.45, 7) is 4.07. The lowest BCUT2D eigenvalue weighted by molar-refractivity contribution is -0.142.